The van der Waals surface area contributed by atoms with Crippen molar-refractivity contribution in [3.8, 4) is 17.2 Å². The SMILES string of the molecule is CCc1ccc(-c2c(C)c(C)nc(N)c2C#N)cc1. The molecule has 96 valence electrons. The van der Waals surface area contributed by atoms with Crippen LogP contribution in [-0.2, 0) is 6.42 Å². The number of aryl methyl sites for hydroxylation is 2. The minimum absolute atomic E-state index is 0.306. The summed E-state index contributed by atoms with van der Waals surface area (Å²) in [6.07, 6.45) is 1.00. The van der Waals surface area contributed by atoms with Crippen LogP contribution in [0.4, 0.5) is 5.82 Å². The van der Waals surface area contributed by atoms with Crippen LogP contribution < -0.4 is 5.73 Å². The lowest BCUT2D eigenvalue weighted by molar-refractivity contribution is 1.14. The zero-order valence-corrected chi connectivity index (χ0v) is 11.5. The molecule has 0 atom stereocenters. The van der Waals surface area contributed by atoms with Crippen molar-refractivity contribution in [1.29, 1.82) is 5.26 Å². The molecule has 0 saturated heterocycles. The number of benzene rings is 1. The van der Waals surface area contributed by atoms with E-state index in [-0.39, 0.29) is 0 Å². The molecule has 0 saturated carbocycles. The highest BCUT2D eigenvalue weighted by molar-refractivity contribution is 5.78. The van der Waals surface area contributed by atoms with E-state index in [0.29, 0.717) is 11.4 Å². The Morgan fingerprint density at radius 2 is 1.84 bits per heavy atom. The molecule has 0 aliphatic heterocycles. The van der Waals surface area contributed by atoms with Gasteiger partial charge in [0.1, 0.15) is 17.5 Å². The largest absolute Gasteiger partial charge is 0.383 e. The lowest BCUT2D eigenvalue weighted by atomic mass is 9.94. The number of nitrogen functional groups attached to an aromatic ring is 1. The molecule has 1 aromatic carbocycles. The van der Waals surface area contributed by atoms with Crippen LogP contribution in [0, 0.1) is 25.2 Å². The summed E-state index contributed by atoms with van der Waals surface area (Å²) in [5.41, 5.74) is 11.4. The fourth-order valence-electron chi connectivity index (χ4n) is 2.20. The average molecular weight is 251 g/mol. The van der Waals surface area contributed by atoms with E-state index in [1.54, 1.807) is 0 Å². The first-order valence-electron chi connectivity index (χ1n) is 6.34. The summed E-state index contributed by atoms with van der Waals surface area (Å²) in [6, 6.07) is 10.4. The van der Waals surface area contributed by atoms with Crippen molar-refractivity contribution in [3.05, 3.63) is 46.6 Å². The summed E-state index contributed by atoms with van der Waals surface area (Å²) in [6.45, 7) is 6.01. The zero-order valence-electron chi connectivity index (χ0n) is 11.5. The number of nitrogens with two attached hydrogens (primary N) is 1. The van der Waals surface area contributed by atoms with Gasteiger partial charge in [0.25, 0.3) is 0 Å². The molecule has 0 aliphatic rings. The number of pyridine rings is 1. The molecule has 1 heterocycles. The van der Waals surface area contributed by atoms with Gasteiger partial charge in [-0.3, -0.25) is 0 Å². The van der Waals surface area contributed by atoms with E-state index in [1.807, 2.05) is 26.0 Å². The predicted octanol–water partition coefficient (Wildman–Crippen LogP) is 3.38. The van der Waals surface area contributed by atoms with Gasteiger partial charge in [-0.1, -0.05) is 31.2 Å². The third-order valence-corrected chi connectivity index (χ3v) is 3.47. The summed E-state index contributed by atoms with van der Waals surface area (Å²) >= 11 is 0. The Morgan fingerprint density at radius 3 is 2.37 bits per heavy atom. The number of hydrogen-bond donors (Lipinski definition) is 1. The lowest BCUT2D eigenvalue weighted by Crippen LogP contribution is -2.03. The summed E-state index contributed by atoms with van der Waals surface area (Å²) in [7, 11) is 0. The Balaban J connectivity index is 2.70. The Kier molecular flexibility index (Phi) is 3.52. The van der Waals surface area contributed by atoms with E-state index in [0.717, 1.165) is 28.8 Å². The first kappa shape index (κ1) is 13.1. The number of rotatable bonds is 2. The maximum atomic E-state index is 9.31. The molecule has 2 aromatic rings. The second kappa shape index (κ2) is 5.11. The Morgan fingerprint density at radius 1 is 1.21 bits per heavy atom. The molecule has 2 N–H and O–H groups in total. The standard InChI is InChI=1S/C16H17N3/c1-4-12-5-7-13(8-6-12)15-10(2)11(3)19-16(18)14(15)9-17/h5-8H,4H2,1-3H3,(H2,18,19). The summed E-state index contributed by atoms with van der Waals surface area (Å²) in [5, 5.41) is 9.31. The van der Waals surface area contributed by atoms with Crippen molar-refractivity contribution < 1.29 is 0 Å². The van der Waals surface area contributed by atoms with Crippen molar-refractivity contribution in [2.75, 3.05) is 5.73 Å². The van der Waals surface area contributed by atoms with E-state index >= 15 is 0 Å². The molecule has 19 heavy (non-hydrogen) atoms. The third kappa shape index (κ3) is 2.30. The molecule has 0 amide bonds. The van der Waals surface area contributed by atoms with Crippen molar-refractivity contribution in [1.82, 2.24) is 4.98 Å². The van der Waals surface area contributed by atoms with Gasteiger partial charge in [-0.05, 0) is 37.0 Å². The number of nitrogens with zero attached hydrogens (tertiary/aromatic N) is 2. The number of hydrogen-bond acceptors (Lipinski definition) is 3. The predicted molar refractivity (Wildman–Crippen MR) is 77.7 cm³/mol. The van der Waals surface area contributed by atoms with Crippen LogP contribution >= 0.6 is 0 Å². The van der Waals surface area contributed by atoms with Crippen LogP contribution in [0.2, 0.25) is 0 Å². The van der Waals surface area contributed by atoms with Crippen LogP contribution in [-0.4, -0.2) is 4.98 Å². The molecular formula is C16H17N3. The van der Waals surface area contributed by atoms with E-state index in [2.05, 4.69) is 30.1 Å². The molecule has 3 nitrogen and oxygen atoms in total. The van der Waals surface area contributed by atoms with Gasteiger partial charge in [0, 0.05) is 11.3 Å². The molecular weight excluding hydrogens is 234 g/mol. The highest BCUT2D eigenvalue weighted by Crippen LogP contribution is 2.31. The highest BCUT2D eigenvalue weighted by atomic mass is 14.8. The van der Waals surface area contributed by atoms with Crippen molar-refractivity contribution in [2.24, 2.45) is 0 Å². The fraction of sp³-hybridized carbons (Fsp3) is 0.250. The van der Waals surface area contributed by atoms with Crippen LogP contribution in [0.1, 0.15) is 29.3 Å². The van der Waals surface area contributed by atoms with Crippen molar-refractivity contribution in [2.45, 2.75) is 27.2 Å². The minimum Gasteiger partial charge on any atom is -0.383 e. The van der Waals surface area contributed by atoms with Crippen LogP contribution in [0.5, 0.6) is 0 Å². The topological polar surface area (TPSA) is 62.7 Å². The second-order valence-corrected chi connectivity index (χ2v) is 4.62. The first-order valence-corrected chi connectivity index (χ1v) is 6.34. The van der Waals surface area contributed by atoms with E-state index in [1.165, 1.54) is 5.56 Å². The van der Waals surface area contributed by atoms with Gasteiger partial charge in [-0.25, -0.2) is 4.98 Å². The number of aromatic nitrogens is 1. The number of anilines is 1. The zero-order chi connectivity index (χ0) is 14.0. The van der Waals surface area contributed by atoms with Crippen LogP contribution in [0.3, 0.4) is 0 Å². The molecule has 0 bridgehead atoms. The monoisotopic (exact) mass is 251 g/mol. The van der Waals surface area contributed by atoms with Gasteiger partial charge in [-0.15, -0.1) is 0 Å². The molecule has 0 spiro atoms. The molecule has 0 fully saturated rings. The molecule has 2 rings (SSSR count). The van der Waals surface area contributed by atoms with Crippen LogP contribution in [0.15, 0.2) is 24.3 Å². The molecule has 1 aromatic heterocycles. The van der Waals surface area contributed by atoms with E-state index in [9.17, 15) is 5.26 Å². The van der Waals surface area contributed by atoms with Gasteiger partial charge >= 0.3 is 0 Å². The quantitative estimate of drug-likeness (QED) is 0.889. The average Bonchev–Trinajstić information content (AvgIpc) is 2.42. The smallest absolute Gasteiger partial charge is 0.142 e. The van der Waals surface area contributed by atoms with Gasteiger partial charge < -0.3 is 5.73 Å². The second-order valence-electron chi connectivity index (χ2n) is 4.62. The molecule has 0 unspecified atom stereocenters. The van der Waals surface area contributed by atoms with Gasteiger partial charge in [0.15, 0.2) is 0 Å². The minimum atomic E-state index is 0.306. The number of nitriles is 1. The fourth-order valence-corrected chi connectivity index (χ4v) is 2.20. The van der Waals surface area contributed by atoms with E-state index in [4.69, 9.17) is 5.73 Å². The van der Waals surface area contributed by atoms with Gasteiger partial charge in [0.05, 0.1) is 0 Å². The highest BCUT2D eigenvalue weighted by Gasteiger charge is 2.15. The Hall–Kier alpha value is -2.34. The van der Waals surface area contributed by atoms with Gasteiger partial charge in [0.2, 0.25) is 0 Å². The van der Waals surface area contributed by atoms with Crippen LogP contribution in [0.25, 0.3) is 11.1 Å². The lowest BCUT2D eigenvalue weighted by Gasteiger charge is -2.13. The molecule has 0 aliphatic carbocycles. The molecule has 0 radical (unpaired) electrons. The maximum Gasteiger partial charge on any atom is 0.142 e. The molecule has 3 heteroatoms. The van der Waals surface area contributed by atoms with E-state index < -0.39 is 0 Å². The van der Waals surface area contributed by atoms with Crippen molar-refractivity contribution >= 4 is 5.82 Å². The van der Waals surface area contributed by atoms with Crippen molar-refractivity contribution in [3.63, 3.8) is 0 Å². The Bertz CT molecular complexity index is 649. The van der Waals surface area contributed by atoms with Gasteiger partial charge in [-0.2, -0.15) is 5.26 Å². The third-order valence-electron chi connectivity index (χ3n) is 3.47. The summed E-state index contributed by atoms with van der Waals surface area (Å²) in [4.78, 5) is 4.22. The first-order chi connectivity index (χ1) is 9.08. The Labute approximate surface area is 113 Å². The summed E-state index contributed by atoms with van der Waals surface area (Å²) < 4.78 is 0. The maximum absolute atomic E-state index is 9.31. The summed E-state index contributed by atoms with van der Waals surface area (Å²) in [5.74, 6) is 0.306. The normalized spacial score (nSPS) is 10.2.